The third kappa shape index (κ3) is 1.16. The third-order valence-corrected chi connectivity index (χ3v) is 4.00. The summed E-state index contributed by atoms with van der Waals surface area (Å²) in [5.74, 6) is 0.541. The number of hydrogen-bond donors (Lipinski definition) is 0. The van der Waals surface area contributed by atoms with Gasteiger partial charge in [-0.3, -0.25) is 14.6 Å². The first kappa shape index (κ1) is 11.4. The van der Waals surface area contributed by atoms with Crippen LogP contribution in [0, 0.1) is 0 Å². The molecular formula is C15H12N2O3. The van der Waals surface area contributed by atoms with Crippen LogP contribution in [0.5, 0.6) is 5.75 Å². The Balaban J connectivity index is 2.03. The van der Waals surface area contributed by atoms with Gasteiger partial charge in [-0.25, -0.2) is 0 Å². The van der Waals surface area contributed by atoms with Crippen LogP contribution in [0.3, 0.4) is 0 Å². The molecule has 1 amide bonds. The number of para-hydroxylation sites is 1. The van der Waals surface area contributed by atoms with Crippen LogP contribution < -0.4 is 9.80 Å². The standard InChI is InChI=1S/C15H12N2O3/c1-19-17-12-5-3-2-4-10(12)15(14(17)18)9-20-13-8-16-7-6-11(13)15/h2-8H,9H2,1H3. The molecule has 0 radical (unpaired) electrons. The van der Waals surface area contributed by atoms with E-state index in [1.807, 2.05) is 30.3 Å². The number of fused-ring (bicyclic) bond motifs is 4. The highest BCUT2D eigenvalue weighted by Crippen LogP contribution is 2.51. The van der Waals surface area contributed by atoms with Gasteiger partial charge in [0.05, 0.1) is 19.0 Å². The van der Waals surface area contributed by atoms with Crippen LogP contribution in [0.2, 0.25) is 0 Å². The van der Waals surface area contributed by atoms with Crippen molar-refractivity contribution in [3.05, 3.63) is 53.9 Å². The van der Waals surface area contributed by atoms with Crippen molar-refractivity contribution in [3.8, 4) is 5.75 Å². The number of pyridine rings is 1. The molecule has 3 heterocycles. The van der Waals surface area contributed by atoms with E-state index >= 15 is 0 Å². The quantitative estimate of drug-likeness (QED) is 0.789. The van der Waals surface area contributed by atoms with Gasteiger partial charge in [-0.2, -0.15) is 5.06 Å². The second-order valence-corrected chi connectivity index (χ2v) is 4.87. The lowest BCUT2D eigenvalue weighted by Gasteiger charge is -2.21. The molecule has 0 saturated heterocycles. The number of ether oxygens (including phenoxy) is 1. The Morgan fingerprint density at radius 1 is 1.30 bits per heavy atom. The molecule has 5 heteroatoms. The van der Waals surface area contributed by atoms with Crippen LogP contribution >= 0.6 is 0 Å². The van der Waals surface area contributed by atoms with Gasteiger partial charge in [0.15, 0.2) is 0 Å². The first-order valence-electron chi connectivity index (χ1n) is 6.34. The highest BCUT2D eigenvalue weighted by Gasteiger charge is 2.57. The molecule has 0 aliphatic carbocycles. The van der Waals surface area contributed by atoms with Gasteiger partial charge in [0.2, 0.25) is 0 Å². The van der Waals surface area contributed by atoms with Crippen molar-refractivity contribution in [2.24, 2.45) is 0 Å². The van der Waals surface area contributed by atoms with Crippen molar-refractivity contribution in [1.82, 2.24) is 4.98 Å². The fourth-order valence-electron chi connectivity index (χ4n) is 3.10. The summed E-state index contributed by atoms with van der Waals surface area (Å²) in [4.78, 5) is 22.2. The maximum absolute atomic E-state index is 12.9. The number of carbonyl (C=O) groups is 1. The zero-order chi connectivity index (χ0) is 13.7. The van der Waals surface area contributed by atoms with Gasteiger partial charge in [-0.05, 0) is 12.1 Å². The molecule has 5 nitrogen and oxygen atoms in total. The van der Waals surface area contributed by atoms with Crippen LogP contribution in [0.1, 0.15) is 11.1 Å². The van der Waals surface area contributed by atoms with Gasteiger partial charge in [0, 0.05) is 17.3 Å². The van der Waals surface area contributed by atoms with Gasteiger partial charge in [-0.15, -0.1) is 0 Å². The first-order valence-corrected chi connectivity index (χ1v) is 6.34. The third-order valence-electron chi connectivity index (χ3n) is 4.00. The average molecular weight is 268 g/mol. The van der Waals surface area contributed by atoms with Gasteiger partial charge in [0.25, 0.3) is 5.91 Å². The fourth-order valence-corrected chi connectivity index (χ4v) is 3.10. The predicted octanol–water partition coefficient (Wildman–Crippen LogP) is 1.67. The summed E-state index contributed by atoms with van der Waals surface area (Å²) in [6.07, 6.45) is 3.33. The minimum atomic E-state index is -0.815. The lowest BCUT2D eigenvalue weighted by Crippen LogP contribution is -2.42. The summed E-state index contributed by atoms with van der Waals surface area (Å²) in [5, 5.41) is 1.34. The minimum Gasteiger partial charge on any atom is -0.490 e. The molecular weight excluding hydrogens is 256 g/mol. The van der Waals surface area contributed by atoms with E-state index in [0.717, 1.165) is 16.8 Å². The lowest BCUT2D eigenvalue weighted by atomic mass is 9.77. The van der Waals surface area contributed by atoms with E-state index in [1.165, 1.54) is 12.2 Å². The molecule has 1 aromatic heterocycles. The lowest BCUT2D eigenvalue weighted by molar-refractivity contribution is -0.128. The molecule has 0 fully saturated rings. The van der Waals surface area contributed by atoms with Gasteiger partial charge < -0.3 is 4.74 Å². The van der Waals surface area contributed by atoms with E-state index in [0.29, 0.717) is 5.75 Å². The molecule has 0 bridgehead atoms. The second kappa shape index (κ2) is 3.80. The smallest absolute Gasteiger partial charge is 0.269 e. The highest BCUT2D eigenvalue weighted by atomic mass is 16.7. The Morgan fingerprint density at radius 3 is 3.00 bits per heavy atom. The molecule has 4 rings (SSSR count). The summed E-state index contributed by atoms with van der Waals surface area (Å²) >= 11 is 0. The van der Waals surface area contributed by atoms with Crippen LogP contribution in [0.4, 0.5) is 5.69 Å². The highest BCUT2D eigenvalue weighted by molar-refractivity contribution is 6.10. The van der Waals surface area contributed by atoms with E-state index in [4.69, 9.17) is 9.57 Å². The van der Waals surface area contributed by atoms with Crippen molar-refractivity contribution in [2.75, 3.05) is 18.8 Å². The first-order chi connectivity index (χ1) is 9.79. The van der Waals surface area contributed by atoms with E-state index in [2.05, 4.69) is 4.98 Å². The summed E-state index contributed by atoms with van der Waals surface area (Å²) < 4.78 is 5.69. The number of benzene rings is 1. The number of hydroxylamine groups is 1. The summed E-state index contributed by atoms with van der Waals surface area (Å²) in [7, 11) is 1.50. The molecule has 1 unspecified atom stereocenters. The normalized spacial score (nSPS) is 22.9. The van der Waals surface area contributed by atoms with Gasteiger partial charge >= 0.3 is 0 Å². The number of carbonyl (C=O) groups excluding carboxylic acids is 1. The maximum atomic E-state index is 12.9. The minimum absolute atomic E-state index is 0.119. The SMILES string of the molecule is CON1C(=O)C2(COc3cnccc32)c2ccccc21. The van der Waals surface area contributed by atoms with Crippen LogP contribution in [0.25, 0.3) is 0 Å². The number of anilines is 1. The topological polar surface area (TPSA) is 51.7 Å². The summed E-state index contributed by atoms with van der Waals surface area (Å²) in [6, 6.07) is 9.48. The Kier molecular flexibility index (Phi) is 2.17. The van der Waals surface area contributed by atoms with E-state index in [1.54, 1.807) is 12.4 Å². The van der Waals surface area contributed by atoms with Crippen LogP contribution in [-0.4, -0.2) is 24.6 Å². The van der Waals surface area contributed by atoms with Crippen molar-refractivity contribution in [2.45, 2.75) is 5.41 Å². The maximum Gasteiger partial charge on any atom is 0.269 e. The summed E-state index contributed by atoms with van der Waals surface area (Å²) in [6.45, 7) is 0.281. The zero-order valence-corrected chi connectivity index (χ0v) is 10.9. The number of nitrogens with zero attached hydrogens (tertiary/aromatic N) is 2. The second-order valence-electron chi connectivity index (χ2n) is 4.87. The van der Waals surface area contributed by atoms with Crippen LogP contribution in [-0.2, 0) is 15.0 Å². The molecule has 1 spiro atoms. The van der Waals surface area contributed by atoms with Crippen LogP contribution in [0.15, 0.2) is 42.7 Å². The molecule has 100 valence electrons. The predicted molar refractivity (Wildman–Crippen MR) is 71.4 cm³/mol. The number of amides is 1. The molecule has 2 aliphatic rings. The molecule has 0 N–H and O–H groups in total. The van der Waals surface area contributed by atoms with E-state index in [9.17, 15) is 4.79 Å². The van der Waals surface area contributed by atoms with Gasteiger partial charge in [-0.1, -0.05) is 18.2 Å². The monoisotopic (exact) mass is 268 g/mol. The van der Waals surface area contributed by atoms with Crippen molar-refractivity contribution in [1.29, 1.82) is 0 Å². The van der Waals surface area contributed by atoms with Crippen molar-refractivity contribution in [3.63, 3.8) is 0 Å². The Morgan fingerprint density at radius 2 is 2.15 bits per heavy atom. The van der Waals surface area contributed by atoms with Crippen molar-refractivity contribution >= 4 is 11.6 Å². The molecule has 1 aromatic carbocycles. The van der Waals surface area contributed by atoms with Gasteiger partial charge in [0.1, 0.15) is 17.8 Å². The number of rotatable bonds is 1. The Labute approximate surface area is 115 Å². The Bertz CT molecular complexity index is 716. The number of aromatic nitrogens is 1. The zero-order valence-electron chi connectivity index (χ0n) is 10.9. The fraction of sp³-hybridized carbons (Fsp3) is 0.200. The largest absolute Gasteiger partial charge is 0.490 e. The van der Waals surface area contributed by atoms with Crippen molar-refractivity contribution < 1.29 is 14.4 Å². The summed E-state index contributed by atoms with van der Waals surface area (Å²) in [5.41, 5.74) is 1.72. The number of hydrogen-bond acceptors (Lipinski definition) is 4. The molecule has 2 aromatic rings. The Hall–Kier alpha value is -2.40. The molecule has 20 heavy (non-hydrogen) atoms. The molecule has 1 atom stereocenters. The molecule has 2 aliphatic heterocycles. The average Bonchev–Trinajstić information content (AvgIpc) is 2.99. The molecule has 0 saturated carbocycles. The van der Waals surface area contributed by atoms with E-state index in [-0.39, 0.29) is 12.5 Å². The van der Waals surface area contributed by atoms with E-state index < -0.39 is 5.41 Å².